The fraction of sp³-hybridized carbons (Fsp3) is 0.231. The van der Waals surface area contributed by atoms with E-state index in [0.717, 1.165) is 11.1 Å². The van der Waals surface area contributed by atoms with Gasteiger partial charge in [0.25, 0.3) is 0 Å². The normalized spacial score (nSPS) is 11.8. The lowest BCUT2D eigenvalue weighted by Crippen LogP contribution is -2.12. The van der Waals surface area contributed by atoms with Gasteiger partial charge in [0.1, 0.15) is 23.5 Å². The summed E-state index contributed by atoms with van der Waals surface area (Å²) in [6.45, 7) is 3.76. The summed E-state index contributed by atoms with van der Waals surface area (Å²) in [5.74, 6) is 1.16. The van der Waals surface area contributed by atoms with Gasteiger partial charge in [0, 0.05) is 10.6 Å². The smallest absolute Gasteiger partial charge is 0.220 e. The first-order chi connectivity index (χ1) is 17.7. The third-order valence-corrected chi connectivity index (χ3v) is 7.34. The van der Waals surface area contributed by atoms with Gasteiger partial charge < -0.3 is 9.47 Å². The van der Waals surface area contributed by atoms with Gasteiger partial charge in [0.2, 0.25) is 6.54 Å². The second kappa shape index (κ2) is 11.7. The van der Waals surface area contributed by atoms with Crippen LogP contribution in [0.25, 0.3) is 5.69 Å². The number of aryl methyl sites for hydroxylation is 2. The number of aromatic nitrogens is 3. The van der Waals surface area contributed by atoms with Gasteiger partial charge in [-0.2, -0.15) is 0 Å². The third kappa shape index (κ3) is 6.47. The van der Waals surface area contributed by atoms with Crippen LogP contribution < -0.4 is 9.47 Å². The van der Waals surface area contributed by atoms with E-state index in [0.29, 0.717) is 44.8 Å². The fourth-order valence-electron chi connectivity index (χ4n) is 3.69. The minimum absolute atomic E-state index is 0.335. The largest absolute Gasteiger partial charge is 0.493 e. The number of nitrogens with zero attached hydrogens (tertiary/aromatic N) is 4. The van der Waals surface area contributed by atoms with Crippen LogP contribution in [0.15, 0.2) is 70.3 Å². The van der Waals surface area contributed by atoms with E-state index in [9.17, 15) is 14.5 Å². The van der Waals surface area contributed by atoms with E-state index < -0.39 is 5.25 Å². The molecule has 37 heavy (non-hydrogen) atoms. The molecule has 1 atom stereocenters. The molecule has 1 heterocycles. The summed E-state index contributed by atoms with van der Waals surface area (Å²) in [7, 11) is 1.52. The lowest BCUT2D eigenvalue weighted by molar-refractivity contribution is -0.479. The van der Waals surface area contributed by atoms with E-state index in [2.05, 4.69) is 26.1 Å². The monoisotopic (exact) mass is 586 g/mol. The van der Waals surface area contributed by atoms with Gasteiger partial charge >= 0.3 is 0 Å². The zero-order valence-electron chi connectivity index (χ0n) is 20.4. The van der Waals surface area contributed by atoms with Gasteiger partial charge in [-0.3, -0.25) is 14.7 Å². The van der Waals surface area contributed by atoms with Crippen LogP contribution in [-0.2, 0) is 6.61 Å². The first-order valence-electron chi connectivity index (χ1n) is 11.3. The summed E-state index contributed by atoms with van der Waals surface area (Å²) in [6.07, 6.45) is 0. The highest BCUT2D eigenvalue weighted by molar-refractivity contribution is 9.10. The zero-order valence-corrected chi connectivity index (χ0v) is 22.8. The van der Waals surface area contributed by atoms with Gasteiger partial charge in [-0.1, -0.05) is 41.6 Å². The molecule has 192 valence electrons. The molecule has 4 aromatic rings. The Morgan fingerprint density at radius 2 is 1.81 bits per heavy atom. The molecule has 0 bridgehead atoms. The molecule has 0 aliphatic rings. The van der Waals surface area contributed by atoms with Crippen LogP contribution >= 0.6 is 27.7 Å². The molecule has 1 aromatic heterocycles. The summed E-state index contributed by atoms with van der Waals surface area (Å²) in [4.78, 5) is 11.2. The zero-order chi connectivity index (χ0) is 26.5. The summed E-state index contributed by atoms with van der Waals surface area (Å²) in [5.41, 5.74) is 3.47. The van der Waals surface area contributed by atoms with Crippen molar-refractivity contribution in [2.45, 2.75) is 30.9 Å². The maximum atomic E-state index is 13.5. The van der Waals surface area contributed by atoms with E-state index in [1.807, 2.05) is 31.2 Å². The Kier molecular flexibility index (Phi) is 8.45. The Morgan fingerprint density at radius 3 is 2.46 bits per heavy atom. The molecule has 0 aliphatic carbocycles. The van der Waals surface area contributed by atoms with Crippen molar-refractivity contribution in [1.29, 1.82) is 0 Å². The highest BCUT2D eigenvalue weighted by Gasteiger charge is 2.26. The number of methoxy groups -OCH3 is 1. The average molecular weight is 587 g/mol. The van der Waals surface area contributed by atoms with Crippen LogP contribution in [0.5, 0.6) is 11.5 Å². The number of benzene rings is 3. The molecule has 0 fully saturated rings. The standard InChI is InChI=1S/C26H24BrFN4O4S/c1-16-4-6-18(7-5-16)15-36-25-22(27)12-19(13-23(25)35-3)24(14-31(33)34)37-26-30-29-17(2)32(26)21-10-8-20(28)9-11-21/h4-13,24H,14-15H2,1-3H3/t24-/m1/s1. The summed E-state index contributed by atoms with van der Waals surface area (Å²) in [5, 5.41) is 19.8. The van der Waals surface area contributed by atoms with E-state index >= 15 is 0 Å². The Balaban J connectivity index is 1.64. The van der Waals surface area contributed by atoms with E-state index in [-0.39, 0.29) is 17.3 Å². The number of thioether (sulfide) groups is 1. The van der Waals surface area contributed by atoms with E-state index in [1.165, 1.54) is 31.0 Å². The van der Waals surface area contributed by atoms with Crippen molar-refractivity contribution < 1.29 is 18.8 Å². The van der Waals surface area contributed by atoms with Crippen molar-refractivity contribution in [3.63, 3.8) is 0 Å². The highest BCUT2D eigenvalue weighted by Crippen LogP contribution is 2.43. The number of ether oxygens (including phenoxy) is 2. The van der Waals surface area contributed by atoms with Crippen LogP contribution in [0.3, 0.4) is 0 Å². The molecule has 11 heteroatoms. The molecular weight excluding hydrogens is 563 g/mol. The maximum Gasteiger partial charge on any atom is 0.220 e. The number of nitro groups is 1. The topological polar surface area (TPSA) is 92.3 Å². The number of hydrogen-bond donors (Lipinski definition) is 0. The highest BCUT2D eigenvalue weighted by atomic mass is 79.9. The second-order valence-corrected chi connectivity index (χ2v) is 10.3. The minimum Gasteiger partial charge on any atom is -0.493 e. The minimum atomic E-state index is -0.617. The predicted molar refractivity (Wildman–Crippen MR) is 143 cm³/mol. The third-order valence-electron chi connectivity index (χ3n) is 5.57. The quantitative estimate of drug-likeness (QED) is 0.119. The average Bonchev–Trinajstić information content (AvgIpc) is 3.23. The molecule has 0 spiro atoms. The molecule has 0 saturated heterocycles. The molecule has 0 saturated carbocycles. The van der Waals surface area contributed by atoms with Gasteiger partial charge in [-0.15, -0.1) is 10.2 Å². The SMILES string of the molecule is COc1cc([C@@H](C[N+](=O)[O-])Sc2nnc(C)n2-c2ccc(F)cc2)cc(Br)c1OCc1ccc(C)cc1. The molecule has 3 aromatic carbocycles. The van der Waals surface area contributed by atoms with Crippen LogP contribution in [0, 0.1) is 29.8 Å². The predicted octanol–water partition coefficient (Wildman–Crippen LogP) is 6.48. The Morgan fingerprint density at radius 1 is 1.11 bits per heavy atom. The lowest BCUT2D eigenvalue weighted by atomic mass is 10.1. The first-order valence-corrected chi connectivity index (χ1v) is 12.9. The van der Waals surface area contributed by atoms with Crippen LogP contribution in [0.4, 0.5) is 4.39 Å². The second-order valence-electron chi connectivity index (χ2n) is 8.27. The molecule has 0 radical (unpaired) electrons. The van der Waals surface area contributed by atoms with E-state index in [4.69, 9.17) is 9.47 Å². The summed E-state index contributed by atoms with van der Waals surface area (Å²) >= 11 is 4.75. The van der Waals surface area contributed by atoms with Crippen LogP contribution in [0.1, 0.15) is 27.8 Å². The maximum absolute atomic E-state index is 13.5. The number of hydrogen-bond acceptors (Lipinski definition) is 7. The summed E-state index contributed by atoms with van der Waals surface area (Å²) in [6, 6.07) is 17.4. The van der Waals surface area contributed by atoms with Crippen molar-refractivity contribution in [1.82, 2.24) is 14.8 Å². The Labute approximate surface area is 226 Å². The van der Waals surface area contributed by atoms with Crippen molar-refractivity contribution in [3.8, 4) is 17.2 Å². The molecule has 4 rings (SSSR count). The first kappa shape index (κ1) is 26.6. The molecule has 8 nitrogen and oxygen atoms in total. The fourth-order valence-corrected chi connectivity index (χ4v) is 5.41. The molecule has 0 amide bonds. The van der Waals surface area contributed by atoms with Crippen LogP contribution in [0.2, 0.25) is 0 Å². The number of halogens is 2. The Hall–Kier alpha value is -3.44. The van der Waals surface area contributed by atoms with Crippen LogP contribution in [-0.4, -0.2) is 33.3 Å². The van der Waals surface area contributed by atoms with Crippen molar-refractivity contribution >= 4 is 27.7 Å². The molecule has 0 N–H and O–H groups in total. The lowest BCUT2D eigenvalue weighted by Gasteiger charge is -2.18. The van der Waals surface area contributed by atoms with Gasteiger partial charge in [-0.05, 0) is 77.3 Å². The van der Waals surface area contributed by atoms with E-state index in [1.54, 1.807) is 35.8 Å². The molecule has 0 unspecified atom stereocenters. The van der Waals surface area contributed by atoms with Crippen molar-refractivity contribution in [3.05, 3.63) is 104 Å². The Bertz CT molecular complexity index is 1400. The van der Waals surface area contributed by atoms with Crippen molar-refractivity contribution in [2.24, 2.45) is 0 Å². The van der Waals surface area contributed by atoms with Gasteiger partial charge in [0.15, 0.2) is 16.7 Å². The van der Waals surface area contributed by atoms with Gasteiger partial charge in [0.05, 0.1) is 11.6 Å². The molecule has 0 aliphatic heterocycles. The van der Waals surface area contributed by atoms with Crippen molar-refractivity contribution in [2.75, 3.05) is 13.7 Å². The number of rotatable bonds is 10. The van der Waals surface area contributed by atoms with Gasteiger partial charge in [-0.25, -0.2) is 4.39 Å². The summed E-state index contributed by atoms with van der Waals surface area (Å²) < 4.78 is 27.4. The molecular formula is C26H24BrFN4O4S.